The van der Waals surface area contributed by atoms with Gasteiger partial charge < -0.3 is 9.15 Å². The van der Waals surface area contributed by atoms with Crippen LogP contribution in [0.4, 0.5) is 4.39 Å². The maximum Gasteiger partial charge on any atom is 0.226 e. The highest BCUT2D eigenvalue weighted by Crippen LogP contribution is 2.22. The SMILES string of the molecule is Cc1oc(-c2ccc(F)cc2)nc1CCOc1ccc(C=O)cc1. The molecule has 0 aliphatic carbocycles. The van der Waals surface area contributed by atoms with E-state index in [0.717, 1.165) is 17.5 Å². The minimum Gasteiger partial charge on any atom is -0.493 e. The molecular formula is C19H16FNO3. The van der Waals surface area contributed by atoms with Gasteiger partial charge in [-0.3, -0.25) is 4.79 Å². The summed E-state index contributed by atoms with van der Waals surface area (Å²) in [6.07, 6.45) is 1.38. The van der Waals surface area contributed by atoms with Gasteiger partial charge in [-0.05, 0) is 55.5 Å². The number of hydrogen-bond acceptors (Lipinski definition) is 4. The zero-order chi connectivity index (χ0) is 16.9. The Morgan fingerprint density at radius 2 is 1.83 bits per heavy atom. The predicted octanol–water partition coefficient (Wildman–Crippen LogP) is 4.22. The molecule has 0 radical (unpaired) electrons. The second kappa shape index (κ2) is 7.08. The van der Waals surface area contributed by atoms with Crippen molar-refractivity contribution in [3.63, 3.8) is 0 Å². The van der Waals surface area contributed by atoms with Gasteiger partial charge in [-0.25, -0.2) is 9.37 Å². The number of aromatic nitrogens is 1. The summed E-state index contributed by atoms with van der Waals surface area (Å²) in [6.45, 7) is 2.28. The molecule has 0 saturated heterocycles. The molecule has 0 N–H and O–H groups in total. The summed E-state index contributed by atoms with van der Waals surface area (Å²) in [4.78, 5) is 15.1. The Kier molecular flexibility index (Phi) is 4.70. The van der Waals surface area contributed by atoms with E-state index in [1.807, 2.05) is 6.92 Å². The number of halogens is 1. The topological polar surface area (TPSA) is 52.3 Å². The smallest absolute Gasteiger partial charge is 0.226 e. The Morgan fingerprint density at radius 1 is 1.12 bits per heavy atom. The maximum absolute atomic E-state index is 13.0. The molecule has 0 bridgehead atoms. The van der Waals surface area contributed by atoms with E-state index in [9.17, 15) is 9.18 Å². The van der Waals surface area contributed by atoms with Crippen molar-refractivity contribution in [1.82, 2.24) is 4.98 Å². The zero-order valence-corrected chi connectivity index (χ0v) is 13.2. The number of hydrogen-bond donors (Lipinski definition) is 0. The zero-order valence-electron chi connectivity index (χ0n) is 13.2. The summed E-state index contributed by atoms with van der Waals surface area (Å²) in [5.41, 5.74) is 2.15. The van der Waals surface area contributed by atoms with Crippen LogP contribution in [0.2, 0.25) is 0 Å². The Bertz CT molecular complexity index is 823. The summed E-state index contributed by atoms with van der Waals surface area (Å²) in [5, 5.41) is 0. The molecule has 3 rings (SSSR count). The van der Waals surface area contributed by atoms with Gasteiger partial charge in [-0.1, -0.05) is 0 Å². The van der Waals surface area contributed by atoms with Crippen molar-refractivity contribution in [1.29, 1.82) is 0 Å². The lowest BCUT2D eigenvalue weighted by atomic mass is 10.2. The van der Waals surface area contributed by atoms with Crippen molar-refractivity contribution < 1.29 is 18.3 Å². The van der Waals surface area contributed by atoms with Crippen LogP contribution < -0.4 is 4.74 Å². The Morgan fingerprint density at radius 3 is 2.50 bits per heavy atom. The fraction of sp³-hybridized carbons (Fsp3) is 0.158. The fourth-order valence-electron chi connectivity index (χ4n) is 2.28. The molecule has 122 valence electrons. The maximum atomic E-state index is 13.0. The molecule has 0 saturated carbocycles. The molecule has 0 unspecified atom stereocenters. The third kappa shape index (κ3) is 3.68. The first-order valence-corrected chi connectivity index (χ1v) is 7.56. The van der Waals surface area contributed by atoms with Crippen LogP contribution in [0.3, 0.4) is 0 Å². The van der Waals surface area contributed by atoms with Gasteiger partial charge in [0.2, 0.25) is 5.89 Å². The van der Waals surface area contributed by atoms with Crippen LogP contribution in [-0.2, 0) is 6.42 Å². The summed E-state index contributed by atoms with van der Waals surface area (Å²) in [6, 6.07) is 12.9. The molecule has 0 aliphatic heterocycles. The van der Waals surface area contributed by atoms with Crippen LogP contribution in [-0.4, -0.2) is 17.9 Å². The molecule has 4 nitrogen and oxygen atoms in total. The van der Waals surface area contributed by atoms with Crippen molar-refractivity contribution in [3.05, 3.63) is 71.4 Å². The van der Waals surface area contributed by atoms with Crippen molar-refractivity contribution in [2.24, 2.45) is 0 Å². The Labute approximate surface area is 138 Å². The lowest BCUT2D eigenvalue weighted by Crippen LogP contribution is -2.02. The van der Waals surface area contributed by atoms with E-state index in [1.54, 1.807) is 36.4 Å². The Hall–Kier alpha value is -2.95. The molecule has 1 aromatic heterocycles. The number of rotatable bonds is 6. The van der Waals surface area contributed by atoms with E-state index < -0.39 is 0 Å². The lowest BCUT2D eigenvalue weighted by molar-refractivity contribution is 0.112. The number of benzene rings is 2. The molecule has 5 heteroatoms. The molecule has 0 atom stereocenters. The van der Waals surface area contributed by atoms with Crippen LogP contribution in [0.15, 0.2) is 52.9 Å². The molecular weight excluding hydrogens is 309 g/mol. The van der Waals surface area contributed by atoms with Crippen molar-refractivity contribution in [3.8, 4) is 17.2 Å². The van der Waals surface area contributed by atoms with Crippen molar-refractivity contribution in [2.45, 2.75) is 13.3 Å². The van der Waals surface area contributed by atoms with Crippen molar-refractivity contribution >= 4 is 6.29 Å². The first-order chi connectivity index (χ1) is 11.7. The van der Waals surface area contributed by atoms with Crippen LogP contribution >= 0.6 is 0 Å². The highest BCUT2D eigenvalue weighted by atomic mass is 19.1. The molecule has 0 spiro atoms. The largest absolute Gasteiger partial charge is 0.493 e. The molecule has 0 aliphatic rings. The number of ether oxygens (including phenoxy) is 1. The third-order valence-electron chi connectivity index (χ3n) is 3.61. The van der Waals surface area contributed by atoms with Gasteiger partial charge in [0, 0.05) is 17.5 Å². The van der Waals surface area contributed by atoms with Gasteiger partial charge in [0.1, 0.15) is 23.6 Å². The summed E-state index contributed by atoms with van der Waals surface area (Å²) in [5.74, 6) is 1.59. The first-order valence-electron chi connectivity index (χ1n) is 7.56. The van der Waals surface area contributed by atoms with E-state index >= 15 is 0 Å². The van der Waals surface area contributed by atoms with Gasteiger partial charge in [-0.2, -0.15) is 0 Å². The molecule has 3 aromatic rings. The number of aryl methyl sites for hydroxylation is 1. The standard InChI is InChI=1S/C19H16FNO3/c1-13-18(10-11-23-17-8-2-14(12-22)3-9-17)21-19(24-13)15-4-6-16(20)7-5-15/h2-9,12H,10-11H2,1H3. The summed E-state index contributed by atoms with van der Waals surface area (Å²) >= 11 is 0. The second-order valence-corrected chi connectivity index (χ2v) is 5.31. The second-order valence-electron chi connectivity index (χ2n) is 5.31. The normalized spacial score (nSPS) is 10.6. The van der Waals surface area contributed by atoms with Crippen molar-refractivity contribution in [2.75, 3.05) is 6.61 Å². The van der Waals surface area contributed by atoms with Crippen LogP contribution in [0.5, 0.6) is 5.75 Å². The number of carbonyl (C=O) groups is 1. The van der Waals surface area contributed by atoms with E-state index in [1.165, 1.54) is 12.1 Å². The minimum atomic E-state index is -0.295. The number of carbonyl (C=O) groups excluding carboxylic acids is 1. The number of aldehydes is 1. The average molecular weight is 325 g/mol. The molecule has 0 amide bonds. The van der Waals surface area contributed by atoms with Gasteiger partial charge in [-0.15, -0.1) is 0 Å². The highest BCUT2D eigenvalue weighted by Gasteiger charge is 2.11. The average Bonchev–Trinajstić information content (AvgIpc) is 2.97. The quantitative estimate of drug-likeness (QED) is 0.637. The number of nitrogens with zero attached hydrogens (tertiary/aromatic N) is 1. The molecule has 2 aromatic carbocycles. The van der Waals surface area contributed by atoms with Crippen LogP contribution in [0.25, 0.3) is 11.5 Å². The molecule has 24 heavy (non-hydrogen) atoms. The van der Waals surface area contributed by atoms with Gasteiger partial charge in [0.25, 0.3) is 0 Å². The first kappa shape index (κ1) is 15.9. The summed E-state index contributed by atoms with van der Waals surface area (Å²) in [7, 11) is 0. The van der Waals surface area contributed by atoms with E-state index in [-0.39, 0.29) is 5.82 Å². The Balaban J connectivity index is 1.63. The van der Waals surface area contributed by atoms with Crippen LogP contribution in [0.1, 0.15) is 21.8 Å². The monoisotopic (exact) mass is 325 g/mol. The van der Waals surface area contributed by atoms with E-state index in [0.29, 0.717) is 36.0 Å². The minimum absolute atomic E-state index is 0.295. The fourth-order valence-corrected chi connectivity index (χ4v) is 2.28. The van der Waals surface area contributed by atoms with Gasteiger partial charge >= 0.3 is 0 Å². The van der Waals surface area contributed by atoms with Gasteiger partial charge in [0.05, 0.1) is 12.3 Å². The van der Waals surface area contributed by atoms with E-state index in [2.05, 4.69) is 4.98 Å². The van der Waals surface area contributed by atoms with Gasteiger partial charge in [0.15, 0.2) is 0 Å². The highest BCUT2D eigenvalue weighted by molar-refractivity contribution is 5.74. The third-order valence-corrected chi connectivity index (χ3v) is 3.61. The lowest BCUT2D eigenvalue weighted by Gasteiger charge is -2.04. The van der Waals surface area contributed by atoms with Crippen LogP contribution in [0, 0.1) is 12.7 Å². The predicted molar refractivity (Wildman–Crippen MR) is 87.7 cm³/mol. The molecule has 0 fully saturated rings. The van der Waals surface area contributed by atoms with E-state index in [4.69, 9.17) is 9.15 Å². The molecule has 1 heterocycles. The summed E-state index contributed by atoms with van der Waals surface area (Å²) < 4.78 is 24.3. The number of oxazole rings is 1.